The molecule has 6 heteroatoms. The fraction of sp³-hybridized carbons (Fsp3) is 0.259. The van der Waals surface area contributed by atoms with Crippen LogP contribution in [0.5, 0.6) is 11.5 Å². The number of aliphatic hydroxyl groups is 1. The number of carbonyl (C=O) groups excluding carboxylic acids is 1. The summed E-state index contributed by atoms with van der Waals surface area (Å²) in [6.07, 6.45) is 1.42. The summed E-state index contributed by atoms with van der Waals surface area (Å²) in [5, 5.41) is 21.7. The summed E-state index contributed by atoms with van der Waals surface area (Å²) < 4.78 is 5.83. The van der Waals surface area contributed by atoms with Crippen molar-refractivity contribution in [2.75, 3.05) is 13.1 Å². The minimum absolute atomic E-state index is 0.170. The zero-order valence-electron chi connectivity index (χ0n) is 18.4. The molecule has 0 spiro atoms. The molecule has 1 aliphatic heterocycles. The lowest BCUT2D eigenvalue weighted by Crippen LogP contribution is -2.35. The average molecular weight is 442 g/mol. The van der Waals surface area contributed by atoms with E-state index in [0.717, 1.165) is 38.0 Å². The number of hydrogen-bond acceptors (Lipinski definition) is 5. The van der Waals surface area contributed by atoms with Crippen molar-refractivity contribution in [1.29, 1.82) is 5.26 Å². The first-order valence-electron chi connectivity index (χ1n) is 11.1. The molecule has 1 fully saturated rings. The summed E-state index contributed by atoms with van der Waals surface area (Å²) in [6, 6.07) is 24.1. The molecular formula is C27H27N3O3. The van der Waals surface area contributed by atoms with E-state index in [1.165, 1.54) is 5.56 Å². The van der Waals surface area contributed by atoms with E-state index in [1.807, 2.05) is 18.2 Å². The normalized spacial score (nSPS) is 14.4. The molecule has 0 saturated carbocycles. The van der Waals surface area contributed by atoms with Crippen LogP contribution in [0.4, 0.5) is 0 Å². The van der Waals surface area contributed by atoms with Gasteiger partial charge in [0.15, 0.2) is 0 Å². The molecule has 6 nitrogen and oxygen atoms in total. The predicted octanol–water partition coefficient (Wildman–Crippen LogP) is 4.24. The third-order valence-corrected chi connectivity index (χ3v) is 5.82. The summed E-state index contributed by atoms with van der Waals surface area (Å²) in [5.41, 5.74) is 3.35. The average Bonchev–Trinajstić information content (AvgIpc) is 2.85. The molecule has 0 atom stereocenters. The summed E-state index contributed by atoms with van der Waals surface area (Å²) in [4.78, 5) is 15.1. The number of hydrogen-bond donors (Lipinski definition) is 2. The second-order valence-electron chi connectivity index (χ2n) is 8.22. The van der Waals surface area contributed by atoms with Crippen molar-refractivity contribution in [3.8, 4) is 17.6 Å². The highest BCUT2D eigenvalue weighted by atomic mass is 16.5. The van der Waals surface area contributed by atoms with Crippen molar-refractivity contribution < 1.29 is 14.6 Å². The molecule has 4 rings (SSSR count). The Kier molecular flexibility index (Phi) is 7.36. The maximum absolute atomic E-state index is 12.8. The quantitative estimate of drug-likeness (QED) is 0.573. The number of nitriles is 1. The molecule has 3 aromatic rings. The topological polar surface area (TPSA) is 85.6 Å². The fourth-order valence-electron chi connectivity index (χ4n) is 3.91. The van der Waals surface area contributed by atoms with Crippen LogP contribution in [0.1, 0.15) is 39.9 Å². The number of nitrogens with one attached hydrogen (secondary N) is 1. The van der Waals surface area contributed by atoms with Gasteiger partial charge in [0.25, 0.3) is 5.91 Å². The number of aliphatic hydroxyl groups excluding tert-OH is 1. The Balaban J connectivity index is 1.37. The van der Waals surface area contributed by atoms with Crippen LogP contribution in [0.15, 0.2) is 72.8 Å². The van der Waals surface area contributed by atoms with E-state index in [2.05, 4.69) is 22.4 Å². The van der Waals surface area contributed by atoms with Crippen LogP contribution in [-0.4, -0.2) is 35.1 Å². The van der Waals surface area contributed by atoms with Crippen LogP contribution in [-0.2, 0) is 13.1 Å². The fourth-order valence-corrected chi connectivity index (χ4v) is 3.91. The zero-order valence-corrected chi connectivity index (χ0v) is 18.4. The van der Waals surface area contributed by atoms with Gasteiger partial charge in [0.2, 0.25) is 0 Å². The van der Waals surface area contributed by atoms with Crippen LogP contribution in [0.3, 0.4) is 0 Å². The molecule has 0 aliphatic carbocycles. The molecule has 1 aliphatic rings. The minimum Gasteiger partial charge on any atom is -0.457 e. The highest BCUT2D eigenvalue weighted by Gasteiger charge is 2.18. The van der Waals surface area contributed by atoms with Crippen LogP contribution in [0.25, 0.3) is 0 Å². The molecule has 0 aromatic heterocycles. The Morgan fingerprint density at radius 1 is 1.00 bits per heavy atom. The van der Waals surface area contributed by atoms with Gasteiger partial charge in [-0.1, -0.05) is 30.3 Å². The van der Waals surface area contributed by atoms with E-state index in [0.29, 0.717) is 29.2 Å². The van der Waals surface area contributed by atoms with Crippen molar-refractivity contribution >= 4 is 5.91 Å². The lowest BCUT2D eigenvalue weighted by Gasteiger charge is -2.30. The van der Waals surface area contributed by atoms with Gasteiger partial charge < -0.3 is 15.2 Å². The monoisotopic (exact) mass is 441 g/mol. The molecule has 1 heterocycles. The third kappa shape index (κ3) is 6.19. The SMILES string of the molecule is N#Cc1ccc(Oc2cccc(C(=O)NCc3ccccc3CN3CCC(O)CC3)c2)cc1. The zero-order chi connectivity index (χ0) is 23.0. The smallest absolute Gasteiger partial charge is 0.251 e. The molecular weight excluding hydrogens is 414 g/mol. The maximum Gasteiger partial charge on any atom is 0.251 e. The second kappa shape index (κ2) is 10.8. The lowest BCUT2D eigenvalue weighted by atomic mass is 10.0. The van der Waals surface area contributed by atoms with Gasteiger partial charge in [0.05, 0.1) is 17.7 Å². The Hall–Kier alpha value is -3.66. The highest BCUT2D eigenvalue weighted by molar-refractivity contribution is 5.94. The van der Waals surface area contributed by atoms with E-state index in [4.69, 9.17) is 10.00 Å². The maximum atomic E-state index is 12.8. The number of carbonyl (C=O) groups is 1. The van der Waals surface area contributed by atoms with E-state index in [1.54, 1.807) is 48.5 Å². The largest absolute Gasteiger partial charge is 0.457 e. The molecule has 0 radical (unpaired) electrons. The van der Waals surface area contributed by atoms with Gasteiger partial charge in [-0.25, -0.2) is 0 Å². The Labute approximate surface area is 194 Å². The standard InChI is InChI=1S/C27H27N3O3/c28-17-20-8-10-25(11-9-20)33-26-7-3-6-21(16-26)27(32)29-18-22-4-1-2-5-23(22)19-30-14-12-24(31)13-15-30/h1-11,16,24,31H,12-15,18-19H2,(H,29,32). The van der Waals surface area contributed by atoms with Gasteiger partial charge in [-0.15, -0.1) is 0 Å². The molecule has 1 amide bonds. The number of ether oxygens (including phenoxy) is 1. The van der Waals surface area contributed by atoms with E-state index >= 15 is 0 Å². The molecule has 3 aromatic carbocycles. The first-order valence-corrected chi connectivity index (χ1v) is 11.1. The van der Waals surface area contributed by atoms with Crippen LogP contribution in [0, 0.1) is 11.3 Å². The molecule has 168 valence electrons. The molecule has 0 unspecified atom stereocenters. The van der Waals surface area contributed by atoms with E-state index in [9.17, 15) is 9.90 Å². The number of piperidine rings is 1. The summed E-state index contributed by atoms with van der Waals surface area (Å²) in [6.45, 7) is 3.01. The van der Waals surface area contributed by atoms with E-state index < -0.39 is 0 Å². The van der Waals surface area contributed by atoms with Crippen molar-refractivity contribution in [3.63, 3.8) is 0 Å². The van der Waals surface area contributed by atoms with Crippen molar-refractivity contribution in [2.45, 2.75) is 32.0 Å². The van der Waals surface area contributed by atoms with Gasteiger partial charge in [0.1, 0.15) is 11.5 Å². The first kappa shape index (κ1) is 22.5. The number of benzene rings is 3. The number of amides is 1. The molecule has 0 bridgehead atoms. The number of rotatable bonds is 7. The van der Waals surface area contributed by atoms with Crippen molar-refractivity contribution in [3.05, 3.63) is 95.1 Å². The third-order valence-electron chi connectivity index (χ3n) is 5.82. The van der Waals surface area contributed by atoms with Gasteiger partial charge in [-0.3, -0.25) is 9.69 Å². The molecule has 33 heavy (non-hydrogen) atoms. The van der Waals surface area contributed by atoms with Crippen molar-refractivity contribution in [2.24, 2.45) is 0 Å². The first-order chi connectivity index (χ1) is 16.1. The number of likely N-dealkylation sites (tertiary alicyclic amines) is 1. The molecule has 2 N–H and O–H groups in total. The Morgan fingerprint density at radius 3 is 2.45 bits per heavy atom. The van der Waals surface area contributed by atoms with Gasteiger partial charge in [-0.2, -0.15) is 5.26 Å². The Morgan fingerprint density at radius 2 is 1.73 bits per heavy atom. The van der Waals surface area contributed by atoms with Gasteiger partial charge in [-0.05, 0) is 66.4 Å². The Bertz CT molecular complexity index is 1130. The van der Waals surface area contributed by atoms with Gasteiger partial charge >= 0.3 is 0 Å². The number of nitrogens with zero attached hydrogens (tertiary/aromatic N) is 2. The van der Waals surface area contributed by atoms with Crippen LogP contribution >= 0.6 is 0 Å². The van der Waals surface area contributed by atoms with Gasteiger partial charge in [0, 0.05) is 31.7 Å². The second-order valence-corrected chi connectivity index (χ2v) is 8.22. The molecule has 1 saturated heterocycles. The minimum atomic E-state index is -0.188. The predicted molar refractivity (Wildman–Crippen MR) is 126 cm³/mol. The summed E-state index contributed by atoms with van der Waals surface area (Å²) in [7, 11) is 0. The van der Waals surface area contributed by atoms with Crippen LogP contribution in [0.2, 0.25) is 0 Å². The highest BCUT2D eigenvalue weighted by Crippen LogP contribution is 2.23. The van der Waals surface area contributed by atoms with E-state index in [-0.39, 0.29) is 12.0 Å². The summed E-state index contributed by atoms with van der Waals surface area (Å²) >= 11 is 0. The van der Waals surface area contributed by atoms with Crippen LogP contribution < -0.4 is 10.1 Å². The summed E-state index contributed by atoms with van der Waals surface area (Å²) in [5.74, 6) is 0.988. The van der Waals surface area contributed by atoms with Crippen molar-refractivity contribution in [1.82, 2.24) is 10.2 Å². The lowest BCUT2D eigenvalue weighted by molar-refractivity contribution is 0.0790.